The number of hydrogen-bond acceptors (Lipinski definition) is 5. The quantitative estimate of drug-likeness (QED) is 0.594. The fourth-order valence-electron chi connectivity index (χ4n) is 2.59. The summed E-state index contributed by atoms with van der Waals surface area (Å²) < 4.78 is 15.3. The van der Waals surface area contributed by atoms with E-state index in [2.05, 4.69) is 11.5 Å². The van der Waals surface area contributed by atoms with Gasteiger partial charge in [0, 0.05) is 38.9 Å². The molecule has 21 heavy (non-hydrogen) atoms. The van der Waals surface area contributed by atoms with E-state index in [-0.39, 0.29) is 12.3 Å². The lowest BCUT2D eigenvalue weighted by Gasteiger charge is -2.43. The van der Waals surface area contributed by atoms with E-state index >= 15 is 0 Å². The molecule has 2 rings (SSSR count). The van der Waals surface area contributed by atoms with Crippen LogP contribution in [0.5, 0.6) is 0 Å². The number of ether oxygens (including phenoxy) is 3. The highest BCUT2D eigenvalue weighted by atomic mass is 16.7. The van der Waals surface area contributed by atoms with Crippen LogP contribution < -0.4 is 4.90 Å². The van der Waals surface area contributed by atoms with Crippen LogP contribution in [0.15, 0.2) is 24.8 Å². The molecule has 0 amide bonds. The summed E-state index contributed by atoms with van der Waals surface area (Å²) in [5.74, 6) is 0.00392. The van der Waals surface area contributed by atoms with E-state index in [1.165, 1.54) is 7.11 Å². The zero-order valence-electron chi connectivity index (χ0n) is 12.7. The molecule has 1 aromatic rings. The van der Waals surface area contributed by atoms with E-state index in [0.717, 1.165) is 24.3 Å². The van der Waals surface area contributed by atoms with Gasteiger partial charge in [0.05, 0.1) is 12.7 Å². The monoisotopic (exact) mass is 291 g/mol. The molecule has 1 saturated heterocycles. The predicted molar refractivity (Wildman–Crippen MR) is 81.4 cm³/mol. The lowest BCUT2D eigenvalue weighted by Crippen LogP contribution is -2.53. The van der Waals surface area contributed by atoms with Crippen molar-refractivity contribution in [1.82, 2.24) is 0 Å². The molecule has 1 heterocycles. The molecule has 5 nitrogen and oxygen atoms in total. The molecule has 0 aromatic heterocycles. The van der Waals surface area contributed by atoms with Crippen LogP contribution in [0, 0.1) is 5.92 Å². The number of nitrogens with zero attached hydrogens (tertiary/aromatic N) is 1. The van der Waals surface area contributed by atoms with Crippen LogP contribution in [-0.4, -0.2) is 46.7 Å². The van der Waals surface area contributed by atoms with Crippen molar-refractivity contribution >= 4 is 17.7 Å². The van der Waals surface area contributed by atoms with E-state index in [4.69, 9.17) is 14.2 Å². The number of benzene rings is 1. The van der Waals surface area contributed by atoms with Crippen molar-refractivity contribution in [2.75, 3.05) is 39.3 Å². The van der Waals surface area contributed by atoms with Crippen molar-refractivity contribution in [3.63, 3.8) is 0 Å². The normalized spacial score (nSPS) is 15.0. The van der Waals surface area contributed by atoms with Gasteiger partial charge in [0.15, 0.2) is 6.29 Å². The van der Waals surface area contributed by atoms with Crippen molar-refractivity contribution in [2.24, 2.45) is 5.92 Å². The van der Waals surface area contributed by atoms with Gasteiger partial charge in [0.2, 0.25) is 0 Å². The lowest BCUT2D eigenvalue weighted by molar-refractivity contribution is -0.142. The maximum atomic E-state index is 11.7. The predicted octanol–water partition coefficient (Wildman–Crippen LogP) is 2.17. The number of rotatable bonds is 6. The summed E-state index contributed by atoms with van der Waals surface area (Å²) in [6, 6.07) is 5.64. The van der Waals surface area contributed by atoms with Crippen LogP contribution in [0.4, 0.5) is 5.69 Å². The Hall–Kier alpha value is -1.85. The maximum absolute atomic E-state index is 11.7. The summed E-state index contributed by atoms with van der Waals surface area (Å²) in [4.78, 5) is 13.9. The third-order valence-corrected chi connectivity index (χ3v) is 3.78. The smallest absolute Gasteiger partial charge is 0.338 e. The van der Waals surface area contributed by atoms with Gasteiger partial charge < -0.3 is 19.1 Å². The Morgan fingerprint density at radius 2 is 2.00 bits per heavy atom. The minimum atomic E-state index is -0.350. The lowest BCUT2D eigenvalue weighted by atomic mass is 9.97. The van der Waals surface area contributed by atoms with E-state index in [0.29, 0.717) is 11.5 Å². The summed E-state index contributed by atoms with van der Waals surface area (Å²) in [6.07, 6.45) is 1.50. The second kappa shape index (κ2) is 6.74. The number of carbonyl (C=O) groups is 1. The molecule has 1 aromatic carbocycles. The van der Waals surface area contributed by atoms with Crippen LogP contribution in [0.2, 0.25) is 0 Å². The van der Waals surface area contributed by atoms with E-state index in [1.54, 1.807) is 26.4 Å². The number of methoxy groups -OCH3 is 3. The highest BCUT2D eigenvalue weighted by molar-refractivity contribution is 5.94. The molecular formula is C16H21NO4. The topological polar surface area (TPSA) is 48.0 Å². The van der Waals surface area contributed by atoms with Crippen molar-refractivity contribution in [1.29, 1.82) is 0 Å². The zero-order valence-corrected chi connectivity index (χ0v) is 12.7. The Morgan fingerprint density at radius 1 is 1.33 bits per heavy atom. The third-order valence-electron chi connectivity index (χ3n) is 3.78. The molecule has 0 unspecified atom stereocenters. The second-order valence-electron chi connectivity index (χ2n) is 4.97. The summed E-state index contributed by atoms with van der Waals surface area (Å²) in [7, 11) is 4.67. The Labute approximate surface area is 125 Å². The summed E-state index contributed by atoms with van der Waals surface area (Å²) >= 11 is 0. The summed E-state index contributed by atoms with van der Waals surface area (Å²) in [6.45, 7) is 5.48. The van der Waals surface area contributed by atoms with E-state index in [9.17, 15) is 4.79 Å². The Balaban J connectivity index is 2.10. The highest BCUT2D eigenvalue weighted by Crippen LogP contribution is 2.30. The van der Waals surface area contributed by atoms with Gasteiger partial charge in [-0.1, -0.05) is 12.7 Å². The average Bonchev–Trinajstić information content (AvgIpc) is 2.49. The third kappa shape index (κ3) is 3.09. The summed E-state index contributed by atoms with van der Waals surface area (Å²) in [5, 5.41) is 0. The van der Waals surface area contributed by atoms with Crippen molar-refractivity contribution < 1.29 is 19.0 Å². The average molecular weight is 291 g/mol. The first-order chi connectivity index (χ1) is 10.1. The molecule has 0 radical (unpaired) electrons. The van der Waals surface area contributed by atoms with Gasteiger partial charge in [-0.25, -0.2) is 4.79 Å². The second-order valence-corrected chi connectivity index (χ2v) is 4.97. The van der Waals surface area contributed by atoms with Gasteiger partial charge in [0.1, 0.15) is 0 Å². The molecular weight excluding hydrogens is 270 g/mol. The minimum absolute atomic E-state index is 0.172. The minimum Gasteiger partial charge on any atom is -0.465 e. The first-order valence-electron chi connectivity index (χ1n) is 6.80. The Kier molecular flexibility index (Phi) is 4.98. The van der Waals surface area contributed by atoms with E-state index < -0.39 is 0 Å². The van der Waals surface area contributed by atoms with Gasteiger partial charge in [-0.2, -0.15) is 0 Å². The molecule has 1 aliphatic heterocycles. The molecule has 0 bridgehead atoms. The van der Waals surface area contributed by atoms with Crippen LogP contribution in [0.25, 0.3) is 6.08 Å². The molecule has 114 valence electrons. The van der Waals surface area contributed by atoms with Crippen molar-refractivity contribution in [2.45, 2.75) is 6.29 Å². The van der Waals surface area contributed by atoms with Crippen LogP contribution >= 0.6 is 0 Å². The number of carbonyl (C=O) groups excluding carboxylic acids is 1. The van der Waals surface area contributed by atoms with Crippen LogP contribution in [0.3, 0.4) is 0 Å². The fraction of sp³-hybridized carbons (Fsp3) is 0.438. The van der Waals surface area contributed by atoms with Gasteiger partial charge in [0.25, 0.3) is 0 Å². The zero-order chi connectivity index (χ0) is 15.4. The standard InChI is InChI=1S/C16H21NO4/c1-5-11-8-13(6-7-14(11)15(18)19-2)17-9-12(10-17)16(20-3)21-4/h5-8,12,16H,1,9-10H2,2-4H3. The fourth-order valence-corrected chi connectivity index (χ4v) is 2.59. The Bertz CT molecular complexity index is 519. The van der Waals surface area contributed by atoms with Gasteiger partial charge in [-0.3, -0.25) is 0 Å². The van der Waals surface area contributed by atoms with Gasteiger partial charge in [-0.05, 0) is 23.8 Å². The number of hydrogen-bond donors (Lipinski definition) is 0. The molecule has 0 N–H and O–H groups in total. The summed E-state index contributed by atoms with van der Waals surface area (Å²) in [5.41, 5.74) is 2.36. The highest BCUT2D eigenvalue weighted by Gasteiger charge is 2.34. The molecule has 0 atom stereocenters. The van der Waals surface area contributed by atoms with Gasteiger partial charge >= 0.3 is 5.97 Å². The molecule has 1 aliphatic rings. The first kappa shape index (κ1) is 15.5. The first-order valence-corrected chi connectivity index (χ1v) is 6.80. The van der Waals surface area contributed by atoms with E-state index in [1.807, 2.05) is 12.1 Å². The molecule has 1 fully saturated rings. The van der Waals surface area contributed by atoms with Gasteiger partial charge in [-0.15, -0.1) is 0 Å². The Morgan fingerprint density at radius 3 is 2.52 bits per heavy atom. The number of anilines is 1. The van der Waals surface area contributed by atoms with Crippen LogP contribution in [0.1, 0.15) is 15.9 Å². The largest absolute Gasteiger partial charge is 0.465 e. The molecule has 0 aliphatic carbocycles. The van der Waals surface area contributed by atoms with Crippen LogP contribution in [-0.2, 0) is 14.2 Å². The molecule has 5 heteroatoms. The SMILES string of the molecule is C=Cc1cc(N2CC(C(OC)OC)C2)ccc1C(=O)OC. The van der Waals surface area contributed by atoms with Crippen molar-refractivity contribution in [3.8, 4) is 0 Å². The molecule has 0 spiro atoms. The van der Waals surface area contributed by atoms with Crippen molar-refractivity contribution in [3.05, 3.63) is 35.9 Å². The molecule has 0 saturated carbocycles. The maximum Gasteiger partial charge on any atom is 0.338 e. The number of esters is 1.